The van der Waals surface area contributed by atoms with Gasteiger partial charge in [-0.2, -0.15) is 4.98 Å². The molecule has 7 nitrogen and oxygen atoms in total. The molecule has 1 aliphatic rings. The van der Waals surface area contributed by atoms with Gasteiger partial charge in [0.1, 0.15) is 5.75 Å². The fourth-order valence-electron chi connectivity index (χ4n) is 3.46. The standard InChI is InChI=1S/C22H24N4O3/c1-15-5-9-18(10-6-15)23-22(27)26-13-3-4-17(14-26)21-24-20(25-29-21)16-7-11-19(28-2)12-8-16/h5-12,17H,3-4,13-14H2,1-2H3,(H,23,27). The van der Waals surface area contributed by atoms with Crippen molar-refractivity contribution in [2.45, 2.75) is 25.7 Å². The number of nitrogens with one attached hydrogen (secondary N) is 1. The van der Waals surface area contributed by atoms with Crippen LogP contribution < -0.4 is 10.1 Å². The third-order valence-corrected chi connectivity index (χ3v) is 5.15. The van der Waals surface area contributed by atoms with Gasteiger partial charge in [0.2, 0.25) is 11.7 Å². The number of hydrogen-bond acceptors (Lipinski definition) is 5. The number of aromatic nitrogens is 2. The van der Waals surface area contributed by atoms with Crippen molar-refractivity contribution >= 4 is 11.7 Å². The van der Waals surface area contributed by atoms with Crippen LogP contribution in [0.4, 0.5) is 10.5 Å². The minimum Gasteiger partial charge on any atom is -0.497 e. The molecule has 29 heavy (non-hydrogen) atoms. The van der Waals surface area contributed by atoms with Gasteiger partial charge in [-0.15, -0.1) is 0 Å². The molecule has 2 aromatic carbocycles. The number of nitrogens with zero attached hydrogens (tertiary/aromatic N) is 3. The van der Waals surface area contributed by atoms with E-state index in [1.54, 1.807) is 7.11 Å². The van der Waals surface area contributed by atoms with Gasteiger partial charge < -0.3 is 19.5 Å². The highest BCUT2D eigenvalue weighted by molar-refractivity contribution is 5.89. The predicted molar refractivity (Wildman–Crippen MR) is 110 cm³/mol. The van der Waals surface area contributed by atoms with Crippen molar-refractivity contribution in [3.05, 3.63) is 60.0 Å². The number of ether oxygens (including phenoxy) is 1. The van der Waals surface area contributed by atoms with Crippen LogP contribution in [0.1, 0.15) is 30.2 Å². The van der Waals surface area contributed by atoms with E-state index in [-0.39, 0.29) is 11.9 Å². The fraction of sp³-hybridized carbons (Fsp3) is 0.318. The normalized spacial score (nSPS) is 16.5. The molecule has 2 amide bonds. The highest BCUT2D eigenvalue weighted by Crippen LogP contribution is 2.28. The second-order valence-electron chi connectivity index (χ2n) is 7.27. The number of likely N-dealkylation sites (tertiary alicyclic amines) is 1. The Morgan fingerprint density at radius 3 is 2.66 bits per heavy atom. The van der Waals surface area contributed by atoms with Gasteiger partial charge >= 0.3 is 6.03 Å². The van der Waals surface area contributed by atoms with E-state index < -0.39 is 0 Å². The quantitative estimate of drug-likeness (QED) is 0.709. The number of aryl methyl sites for hydroxylation is 1. The summed E-state index contributed by atoms with van der Waals surface area (Å²) in [5, 5.41) is 7.08. The first-order valence-electron chi connectivity index (χ1n) is 9.73. The molecule has 1 N–H and O–H groups in total. The zero-order valence-corrected chi connectivity index (χ0v) is 16.6. The highest BCUT2D eigenvalue weighted by atomic mass is 16.5. The van der Waals surface area contributed by atoms with E-state index >= 15 is 0 Å². The van der Waals surface area contributed by atoms with Crippen LogP contribution in [0.5, 0.6) is 5.75 Å². The number of methoxy groups -OCH3 is 1. The number of amides is 2. The van der Waals surface area contributed by atoms with Crippen LogP contribution in [0.25, 0.3) is 11.4 Å². The molecule has 3 aromatic rings. The highest BCUT2D eigenvalue weighted by Gasteiger charge is 2.28. The van der Waals surface area contributed by atoms with E-state index in [4.69, 9.17) is 9.26 Å². The molecule has 0 aliphatic carbocycles. The largest absolute Gasteiger partial charge is 0.497 e. The first-order chi connectivity index (χ1) is 14.1. The van der Waals surface area contributed by atoms with Crippen LogP contribution >= 0.6 is 0 Å². The smallest absolute Gasteiger partial charge is 0.321 e. The van der Waals surface area contributed by atoms with Crippen LogP contribution in [-0.2, 0) is 0 Å². The van der Waals surface area contributed by atoms with Gasteiger partial charge in [-0.1, -0.05) is 22.9 Å². The van der Waals surface area contributed by atoms with Crippen molar-refractivity contribution in [1.29, 1.82) is 0 Å². The molecule has 1 saturated heterocycles. The first-order valence-corrected chi connectivity index (χ1v) is 9.73. The molecule has 0 spiro atoms. The number of piperidine rings is 1. The van der Waals surface area contributed by atoms with Gasteiger partial charge in [-0.05, 0) is 56.2 Å². The maximum absolute atomic E-state index is 12.7. The molecule has 1 fully saturated rings. The molecular weight excluding hydrogens is 368 g/mol. The summed E-state index contributed by atoms with van der Waals surface area (Å²) in [6.45, 7) is 3.29. The van der Waals surface area contributed by atoms with Crippen molar-refractivity contribution < 1.29 is 14.1 Å². The molecule has 7 heteroatoms. The lowest BCUT2D eigenvalue weighted by molar-refractivity contribution is 0.184. The van der Waals surface area contributed by atoms with E-state index in [1.807, 2.05) is 60.4 Å². The van der Waals surface area contributed by atoms with Crippen molar-refractivity contribution in [2.75, 3.05) is 25.5 Å². The molecule has 1 unspecified atom stereocenters. The zero-order valence-electron chi connectivity index (χ0n) is 16.6. The Kier molecular flexibility index (Phi) is 5.46. The SMILES string of the molecule is COc1ccc(-c2noc(C3CCCN(C(=O)Nc4ccc(C)cc4)C3)n2)cc1. The van der Waals surface area contributed by atoms with Crippen LogP contribution in [-0.4, -0.2) is 41.3 Å². The summed E-state index contributed by atoms with van der Waals surface area (Å²) in [7, 11) is 1.63. The molecule has 1 atom stereocenters. The number of hydrogen-bond donors (Lipinski definition) is 1. The molecule has 0 bridgehead atoms. The number of carbonyl (C=O) groups is 1. The zero-order chi connectivity index (χ0) is 20.2. The minimum absolute atomic E-state index is 0.0343. The molecule has 4 rings (SSSR count). The summed E-state index contributed by atoms with van der Waals surface area (Å²) in [5.74, 6) is 1.93. The fourth-order valence-corrected chi connectivity index (χ4v) is 3.46. The van der Waals surface area contributed by atoms with Crippen molar-refractivity contribution in [2.24, 2.45) is 0 Å². The Bertz CT molecular complexity index is 966. The summed E-state index contributed by atoms with van der Waals surface area (Å²) >= 11 is 0. The number of carbonyl (C=O) groups excluding carboxylic acids is 1. The second-order valence-corrected chi connectivity index (χ2v) is 7.27. The van der Waals surface area contributed by atoms with Gasteiger partial charge in [-0.25, -0.2) is 4.79 Å². The summed E-state index contributed by atoms with van der Waals surface area (Å²) in [5.41, 5.74) is 2.82. The molecule has 0 saturated carbocycles. The van der Waals surface area contributed by atoms with Gasteiger partial charge in [0.05, 0.1) is 13.0 Å². The summed E-state index contributed by atoms with van der Waals surface area (Å²) in [6.07, 6.45) is 1.81. The van der Waals surface area contributed by atoms with E-state index in [9.17, 15) is 4.79 Å². The average Bonchev–Trinajstić information content (AvgIpc) is 3.26. The van der Waals surface area contributed by atoms with Crippen molar-refractivity contribution in [3.8, 4) is 17.1 Å². The average molecular weight is 392 g/mol. The van der Waals surface area contributed by atoms with Crippen molar-refractivity contribution in [1.82, 2.24) is 15.0 Å². The monoisotopic (exact) mass is 392 g/mol. The molecular formula is C22H24N4O3. The first kappa shape index (κ1) is 19.0. The number of rotatable bonds is 4. The van der Waals surface area contributed by atoms with Crippen molar-refractivity contribution in [3.63, 3.8) is 0 Å². The van der Waals surface area contributed by atoms with Gasteiger partial charge in [-0.3, -0.25) is 0 Å². The Morgan fingerprint density at radius 2 is 1.93 bits per heavy atom. The molecule has 0 radical (unpaired) electrons. The topological polar surface area (TPSA) is 80.5 Å². The Morgan fingerprint density at radius 1 is 1.17 bits per heavy atom. The summed E-state index contributed by atoms with van der Waals surface area (Å²) in [4.78, 5) is 19.0. The summed E-state index contributed by atoms with van der Waals surface area (Å²) < 4.78 is 10.7. The van der Waals surface area contributed by atoms with E-state index in [1.165, 1.54) is 0 Å². The van der Waals surface area contributed by atoms with E-state index in [0.717, 1.165) is 35.4 Å². The lowest BCUT2D eigenvalue weighted by Crippen LogP contribution is -2.41. The lowest BCUT2D eigenvalue weighted by Gasteiger charge is -2.31. The van der Waals surface area contributed by atoms with Gasteiger partial charge in [0.15, 0.2) is 0 Å². The molecule has 1 aliphatic heterocycles. The Balaban J connectivity index is 1.42. The third-order valence-electron chi connectivity index (χ3n) is 5.15. The lowest BCUT2D eigenvalue weighted by atomic mass is 9.98. The summed E-state index contributed by atoms with van der Waals surface area (Å²) in [6, 6.07) is 15.2. The van der Waals surface area contributed by atoms with Crippen LogP contribution in [0.2, 0.25) is 0 Å². The van der Waals surface area contributed by atoms with E-state index in [0.29, 0.717) is 24.8 Å². The Labute approximate surface area is 169 Å². The Hall–Kier alpha value is -3.35. The maximum Gasteiger partial charge on any atom is 0.321 e. The van der Waals surface area contributed by atoms with Crippen LogP contribution in [0.3, 0.4) is 0 Å². The second kappa shape index (κ2) is 8.34. The third kappa shape index (κ3) is 4.39. The van der Waals surface area contributed by atoms with Gasteiger partial charge in [0.25, 0.3) is 0 Å². The molecule has 150 valence electrons. The van der Waals surface area contributed by atoms with Crippen LogP contribution in [0, 0.1) is 6.92 Å². The number of urea groups is 1. The molecule has 2 heterocycles. The van der Waals surface area contributed by atoms with Gasteiger partial charge in [0, 0.05) is 24.3 Å². The maximum atomic E-state index is 12.7. The predicted octanol–water partition coefficient (Wildman–Crippen LogP) is 4.47. The minimum atomic E-state index is -0.103. The van der Waals surface area contributed by atoms with E-state index in [2.05, 4.69) is 15.5 Å². The number of benzene rings is 2. The number of anilines is 1. The molecule has 1 aromatic heterocycles. The van der Waals surface area contributed by atoms with Crippen LogP contribution in [0.15, 0.2) is 53.1 Å².